The summed E-state index contributed by atoms with van der Waals surface area (Å²) in [7, 11) is 0. The van der Waals surface area contributed by atoms with Crippen molar-refractivity contribution in [1.29, 1.82) is 0 Å². The van der Waals surface area contributed by atoms with Crippen LogP contribution in [0.2, 0.25) is 5.15 Å². The Labute approximate surface area is 92.7 Å². The minimum atomic E-state index is 0.389. The highest BCUT2D eigenvalue weighted by Crippen LogP contribution is 2.26. The van der Waals surface area contributed by atoms with Crippen LogP contribution in [0.5, 0.6) is 0 Å². The number of rotatable bonds is 1. The van der Waals surface area contributed by atoms with Crippen LogP contribution in [-0.4, -0.2) is 30.8 Å². The zero-order chi connectivity index (χ0) is 9.97. The number of nitrogens with zero attached hydrogens (tertiary/aromatic N) is 2. The van der Waals surface area contributed by atoms with E-state index in [-0.39, 0.29) is 0 Å². The zero-order valence-corrected chi connectivity index (χ0v) is 9.64. The van der Waals surface area contributed by atoms with Gasteiger partial charge in [0.05, 0.1) is 12.6 Å². The van der Waals surface area contributed by atoms with E-state index in [0.717, 1.165) is 31.3 Å². The summed E-state index contributed by atoms with van der Waals surface area (Å²) in [6, 6.07) is 0.389. The van der Waals surface area contributed by atoms with Crippen molar-refractivity contribution in [2.24, 2.45) is 0 Å². The standard InChI is InChI=1S/C9H13ClN2OS/c1-7-5-13-4-2-3-12(7)9-11-8(10)6-14-9/h6-7H,2-5H2,1H3. The minimum Gasteiger partial charge on any atom is -0.379 e. The summed E-state index contributed by atoms with van der Waals surface area (Å²) in [4.78, 5) is 6.55. The van der Waals surface area contributed by atoms with Crippen molar-refractivity contribution < 1.29 is 4.74 Å². The van der Waals surface area contributed by atoms with Gasteiger partial charge in [-0.3, -0.25) is 0 Å². The lowest BCUT2D eigenvalue weighted by Gasteiger charge is -2.25. The van der Waals surface area contributed by atoms with Gasteiger partial charge in [-0.25, -0.2) is 4.98 Å². The highest BCUT2D eigenvalue weighted by Gasteiger charge is 2.19. The summed E-state index contributed by atoms with van der Waals surface area (Å²) < 4.78 is 5.47. The Morgan fingerprint density at radius 2 is 2.57 bits per heavy atom. The van der Waals surface area contributed by atoms with Crippen LogP contribution in [0.25, 0.3) is 0 Å². The summed E-state index contributed by atoms with van der Waals surface area (Å²) in [6.07, 6.45) is 1.06. The molecule has 0 N–H and O–H groups in total. The van der Waals surface area contributed by atoms with E-state index in [1.54, 1.807) is 11.3 Å². The summed E-state index contributed by atoms with van der Waals surface area (Å²) >= 11 is 7.41. The van der Waals surface area contributed by atoms with Crippen LogP contribution in [-0.2, 0) is 4.74 Å². The van der Waals surface area contributed by atoms with E-state index in [2.05, 4.69) is 16.8 Å². The van der Waals surface area contributed by atoms with Crippen molar-refractivity contribution in [2.75, 3.05) is 24.7 Å². The summed E-state index contributed by atoms with van der Waals surface area (Å²) in [5.74, 6) is 0. The van der Waals surface area contributed by atoms with Crippen molar-refractivity contribution in [3.05, 3.63) is 10.5 Å². The highest BCUT2D eigenvalue weighted by atomic mass is 35.5. The van der Waals surface area contributed by atoms with Gasteiger partial charge in [0.15, 0.2) is 5.13 Å². The minimum absolute atomic E-state index is 0.389. The number of halogens is 1. The van der Waals surface area contributed by atoms with Crippen LogP contribution in [0.3, 0.4) is 0 Å². The first-order chi connectivity index (χ1) is 6.77. The predicted molar refractivity (Wildman–Crippen MR) is 59.4 cm³/mol. The third kappa shape index (κ3) is 2.19. The Hall–Kier alpha value is -0.320. The molecule has 1 aliphatic heterocycles. The van der Waals surface area contributed by atoms with Crippen LogP contribution in [0.4, 0.5) is 5.13 Å². The molecule has 0 saturated carbocycles. The average Bonchev–Trinajstić information content (AvgIpc) is 2.46. The van der Waals surface area contributed by atoms with E-state index in [0.29, 0.717) is 11.2 Å². The second kappa shape index (κ2) is 4.47. The molecule has 1 unspecified atom stereocenters. The Bertz CT molecular complexity index is 305. The molecule has 0 aliphatic carbocycles. The lowest BCUT2D eigenvalue weighted by Crippen LogP contribution is -2.34. The van der Waals surface area contributed by atoms with Gasteiger partial charge in [0.2, 0.25) is 0 Å². The number of aromatic nitrogens is 1. The maximum atomic E-state index is 5.81. The summed E-state index contributed by atoms with van der Waals surface area (Å²) in [5.41, 5.74) is 0. The van der Waals surface area contributed by atoms with Gasteiger partial charge in [-0.05, 0) is 13.3 Å². The third-order valence-corrected chi connectivity index (χ3v) is 3.49. The molecule has 1 aromatic heterocycles. The third-order valence-electron chi connectivity index (χ3n) is 2.29. The van der Waals surface area contributed by atoms with Gasteiger partial charge in [0, 0.05) is 18.5 Å². The van der Waals surface area contributed by atoms with Gasteiger partial charge in [-0.1, -0.05) is 11.6 Å². The summed E-state index contributed by atoms with van der Waals surface area (Å²) in [6.45, 7) is 4.78. The molecule has 1 aromatic rings. The Morgan fingerprint density at radius 1 is 1.71 bits per heavy atom. The molecule has 1 atom stereocenters. The van der Waals surface area contributed by atoms with Gasteiger partial charge < -0.3 is 9.64 Å². The fourth-order valence-electron chi connectivity index (χ4n) is 1.56. The number of anilines is 1. The zero-order valence-electron chi connectivity index (χ0n) is 8.07. The molecule has 5 heteroatoms. The van der Waals surface area contributed by atoms with E-state index >= 15 is 0 Å². The van der Waals surface area contributed by atoms with Crippen molar-refractivity contribution in [3.63, 3.8) is 0 Å². The molecule has 0 aromatic carbocycles. The Kier molecular flexibility index (Phi) is 3.26. The largest absolute Gasteiger partial charge is 0.379 e. The fourth-order valence-corrected chi connectivity index (χ4v) is 2.64. The number of hydrogen-bond donors (Lipinski definition) is 0. The van der Waals surface area contributed by atoms with Crippen molar-refractivity contribution in [1.82, 2.24) is 4.98 Å². The molecule has 1 fully saturated rings. The molecular weight excluding hydrogens is 220 g/mol. The van der Waals surface area contributed by atoms with E-state index in [4.69, 9.17) is 16.3 Å². The summed E-state index contributed by atoms with van der Waals surface area (Å²) in [5, 5.41) is 3.46. The number of thiazole rings is 1. The predicted octanol–water partition coefficient (Wildman–Crippen LogP) is 2.41. The maximum Gasteiger partial charge on any atom is 0.187 e. The second-order valence-electron chi connectivity index (χ2n) is 3.42. The molecular formula is C9H13ClN2OS. The smallest absolute Gasteiger partial charge is 0.187 e. The molecule has 14 heavy (non-hydrogen) atoms. The van der Waals surface area contributed by atoms with Crippen LogP contribution in [0.15, 0.2) is 5.38 Å². The Balaban J connectivity index is 2.14. The normalized spacial score (nSPS) is 23.6. The SMILES string of the molecule is CC1COCCCN1c1nc(Cl)cs1. The Morgan fingerprint density at radius 3 is 3.29 bits per heavy atom. The van der Waals surface area contributed by atoms with Gasteiger partial charge in [0.1, 0.15) is 5.15 Å². The van der Waals surface area contributed by atoms with E-state index in [9.17, 15) is 0 Å². The number of hydrogen-bond acceptors (Lipinski definition) is 4. The van der Waals surface area contributed by atoms with Crippen LogP contribution in [0, 0.1) is 0 Å². The monoisotopic (exact) mass is 232 g/mol. The first kappa shape index (κ1) is 10.2. The van der Waals surface area contributed by atoms with E-state index in [1.807, 2.05) is 5.38 Å². The molecule has 0 radical (unpaired) electrons. The van der Waals surface area contributed by atoms with Gasteiger partial charge >= 0.3 is 0 Å². The van der Waals surface area contributed by atoms with Crippen molar-refractivity contribution in [2.45, 2.75) is 19.4 Å². The average molecular weight is 233 g/mol. The number of ether oxygens (including phenoxy) is 1. The molecule has 1 saturated heterocycles. The van der Waals surface area contributed by atoms with Crippen LogP contribution >= 0.6 is 22.9 Å². The molecule has 0 bridgehead atoms. The van der Waals surface area contributed by atoms with E-state index < -0.39 is 0 Å². The van der Waals surface area contributed by atoms with Crippen molar-refractivity contribution in [3.8, 4) is 0 Å². The van der Waals surface area contributed by atoms with Gasteiger partial charge in [0.25, 0.3) is 0 Å². The lowest BCUT2D eigenvalue weighted by molar-refractivity contribution is 0.137. The maximum absolute atomic E-state index is 5.81. The molecule has 1 aliphatic rings. The van der Waals surface area contributed by atoms with Crippen LogP contribution in [0.1, 0.15) is 13.3 Å². The molecule has 78 valence electrons. The fraction of sp³-hybridized carbons (Fsp3) is 0.667. The molecule has 3 nitrogen and oxygen atoms in total. The quantitative estimate of drug-likeness (QED) is 0.744. The highest BCUT2D eigenvalue weighted by molar-refractivity contribution is 7.14. The van der Waals surface area contributed by atoms with Crippen LogP contribution < -0.4 is 4.90 Å². The van der Waals surface area contributed by atoms with Gasteiger partial charge in [-0.15, -0.1) is 11.3 Å². The molecule has 0 amide bonds. The lowest BCUT2D eigenvalue weighted by atomic mass is 10.3. The topological polar surface area (TPSA) is 25.4 Å². The second-order valence-corrected chi connectivity index (χ2v) is 4.65. The molecule has 2 heterocycles. The van der Waals surface area contributed by atoms with Crippen molar-refractivity contribution >= 4 is 28.1 Å². The molecule has 2 rings (SSSR count). The first-order valence-corrected chi connectivity index (χ1v) is 5.98. The van der Waals surface area contributed by atoms with E-state index in [1.165, 1.54) is 0 Å². The van der Waals surface area contributed by atoms with Gasteiger partial charge in [-0.2, -0.15) is 0 Å². The first-order valence-electron chi connectivity index (χ1n) is 4.73. The molecule has 0 spiro atoms.